The second-order valence-electron chi connectivity index (χ2n) is 5.90. The van der Waals surface area contributed by atoms with Gasteiger partial charge in [0, 0.05) is 6.54 Å². The fourth-order valence-electron chi connectivity index (χ4n) is 2.30. The van der Waals surface area contributed by atoms with Gasteiger partial charge in [0.25, 0.3) is 0 Å². The molecule has 1 aromatic rings. The Balaban J connectivity index is 3.37. The van der Waals surface area contributed by atoms with Crippen molar-refractivity contribution in [1.29, 1.82) is 0 Å². The van der Waals surface area contributed by atoms with Crippen molar-refractivity contribution in [1.82, 2.24) is 0 Å². The maximum atomic E-state index is 11.2. The maximum Gasteiger partial charge on any atom is 0.312 e. The highest BCUT2D eigenvalue weighted by Gasteiger charge is 2.24. The summed E-state index contributed by atoms with van der Waals surface area (Å²) in [6.07, 6.45) is 0. The van der Waals surface area contributed by atoms with Gasteiger partial charge in [0.05, 0.1) is 5.92 Å². The van der Waals surface area contributed by atoms with Crippen LogP contribution in [-0.2, 0) is 10.2 Å². The van der Waals surface area contributed by atoms with Gasteiger partial charge in [0.1, 0.15) is 0 Å². The van der Waals surface area contributed by atoms with Crippen molar-refractivity contribution in [2.45, 2.75) is 46.0 Å². The molecule has 0 spiro atoms. The number of aryl methyl sites for hydroxylation is 2. The van der Waals surface area contributed by atoms with E-state index in [4.69, 9.17) is 5.73 Å². The zero-order chi connectivity index (χ0) is 14.1. The molecule has 1 unspecified atom stereocenters. The van der Waals surface area contributed by atoms with E-state index in [1.54, 1.807) is 0 Å². The first-order chi connectivity index (χ1) is 8.18. The van der Waals surface area contributed by atoms with Crippen LogP contribution in [0.3, 0.4) is 0 Å². The van der Waals surface area contributed by atoms with Gasteiger partial charge in [-0.2, -0.15) is 0 Å². The van der Waals surface area contributed by atoms with Crippen molar-refractivity contribution in [2.24, 2.45) is 5.73 Å². The van der Waals surface area contributed by atoms with Gasteiger partial charge in [-0.05, 0) is 41.5 Å². The van der Waals surface area contributed by atoms with Gasteiger partial charge in [0.2, 0.25) is 0 Å². The number of hydrogen-bond donors (Lipinski definition) is 2. The van der Waals surface area contributed by atoms with Crippen LogP contribution in [0.15, 0.2) is 12.1 Å². The summed E-state index contributed by atoms with van der Waals surface area (Å²) in [4.78, 5) is 11.2. The van der Waals surface area contributed by atoms with Gasteiger partial charge in [-0.25, -0.2) is 0 Å². The van der Waals surface area contributed by atoms with Gasteiger partial charge in [-0.15, -0.1) is 0 Å². The molecular formula is C15H23NO2. The predicted octanol–water partition coefficient (Wildman–Crippen LogP) is 2.73. The Hall–Kier alpha value is -1.35. The summed E-state index contributed by atoms with van der Waals surface area (Å²) in [5.74, 6) is -1.47. The summed E-state index contributed by atoms with van der Waals surface area (Å²) in [5, 5.41) is 9.22. The number of benzene rings is 1. The van der Waals surface area contributed by atoms with Crippen molar-refractivity contribution in [3.8, 4) is 0 Å². The molecule has 3 heteroatoms. The van der Waals surface area contributed by atoms with Crippen LogP contribution in [0.4, 0.5) is 0 Å². The Kier molecular flexibility index (Phi) is 4.17. The summed E-state index contributed by atoms with van der Waals surface area (Å²) in [7, 11) is 0. The number of rotatable bonds is 3. The smallest absolute Gasteiger partial charge is 0.312 e. The fourth-order valence-corrected chi connectivity index (χ4v) is 2.30. The van der Waals surface area contributed by atoms with Crippen LogP contribution in [-0.4, -0.2) is 17.6 Å². The highest BCUT2D eigenvalue weighted by atomic mass is 16.4. The molecule has 3 N–H and O–H groups in total. The van der Waals surface area contributed by atoms with Gasteiger partial charge in [-0.3, -0.25) is 4.79 Å². The first kappa shape index (κ1) is 14.7. The van der Waals surface area contributed by atoms with Crippen molar-refractivity contribution in [3.63, 3.8) is 0 Å². The zero-order valence-corrected chi connectivity index (χ0v) is 11.9. The summed E-state index contributed by atoms with van der Waals surface area (Å²) in [6, 6.07) is 4.15. The highest BCUT2D eigenvalue weighted by molar-refractivity contribution is 5.77. The number of aliphatic carboxylic acids is 1. The van der Waals surface area contributed by atoms with E-state index in [1.165, 1.54) is 5.56 Å². The zero-order valence-electron chi connectivity index (χ0n) is 11.9. The average Bonchev–Trinajstić information content (AvgIpc) is 2.20. The molecule has 0 saturated carbocycles. The quantitative estimate of drug-likeness (QED) is 0.865. The van der Waals surface area contributed by atoms with Crippen LogP contribution in [0.1, 0.15) is 48.9 Å². The average molecular weight is 249 g/mol. The largest absolute Gasteiger partial charge is 0.481 e. The number of hydrogen-bond acceptors (Lipinski definition) is 2. The lowest BCUT2D eigenvalue weighted by Gasteiger charge is -2.24. The molecule has 1 rings (SSSR count). The minimum absolute atomic E-state index is 0.0650. The van der Waals surface area contributed by atoms with E-state index in [1.807, 2.05) is 13.8 Å². The summed E-state index contributed by atoms with van der Waals surface area (Å²) >= 11 is 0. The molecule has 18 heavy (non-hydrogen) atoms. The van der Waals surface area contributed by atoms with Crippen LogP contribution < -0.4 is 5.73 Å². The van der Waals surface area contributed by atoms with Crippen LogP contribution in [0, 0.1) is 13.8 Å². The standard InChI is InChI=1S/C15H23NO2/c1-9-6-11(15(3,4)5)7-10(2)13(9)12(8-16)14(17)18/h6-7,12H,8,16H2,1-5H3,(H,17,18). The number of carbonyl (C=O) groups is 1. The van der Waals surface area contributed by atoms with Crippen molar-refractivity contribution >= 4 is 5.97 Å². The molecule has 1 aromatic carbocycles. The second-order valence-corrected chi connectivity index (χ2v) is 5.90. The molecular weight excluding hydrogens is 226 g/mol. The Morgan fingerprint density at radius 3 is 2.00 bits per heavy atom. The summed E-state index contributed by atoms with van der Waals surface area (Å²) < 4.78 is 0. The van der Waals surface area contributed by atoms with E-state index < -0.39 is 11.9 Å². The lowest BCUT2D eigenvalue weighted by Crippen LogP contribution is -2.23. The molecule has 0 aliphatic rings. The fraction of sp³-hybridized carbons (Fsp3) is 0.533. The topological polar surface area (TPSA) is 63.3 Å². The molecule has 0 fully saturated rings. The molecule has 0 radical (unpaired) electrons. The first-order valence-corrected chi connectivity index (χ1v) is 6.23. The molecule has 0 amide bonds. The molecule has 0 aliphatic carbocycles. The Morgan fingerprint density at radius 1 is 1.28 bits per heavy atom. The summed E-state index contributed by atoms with van der Waals surface area (Å²) in [5.41, 5.74) is 9.76. The Bertz CT molecular complexity index is 435. The van der Waals surface area contributed by atoms with Crippen LogP contribution in [0.2, 0.25) is 0 Å². The SMILES string of the molecule is Cc1cc(C(C)(C)C)cc(C)c1C(CN)C(=O)O. The van der Waals surface area contributed by atoms with Crippen molar-refractivity contribution in [3.05, 3.63) is 34.4 Å². The minimum Gasteiger partial charge on any atom is -0.481 e. The van der Waals surface area contributed by atoms with Crippen LogP contribution >= 0.6 is 0 Å². The monoisotopic (exact) mass is 249 g/mol. The lowest BCUT2D eigenvalue weighted by molar-refractivity contribution is -0.138. The summed E-state index contributed by atoms with van der Waals surface area (Å²) in [6.45, 7) is 10.5. The third kappa shape index (κ3) is 2.91. The molecule has 0 bridgehead atoms. The predicted molar refractivity (Wildman–Crippen MR) is 74.0 cm³/mol. The Labute approximate surface area is 109 Å². The number of carboxylic acid groups (broad SMARTS) is 1. The van der Waals surface area contributed by atoms with Gasteiger partial charge < -0.3 is 10.8 Å². The van der Waals surface area contributed by atoms with E-state index >= 15 is 0 Å². The molecule has 3 nitrogen and oxygen atoms in total. The highest BCUT2D eigenvalue weighted by Crippen LogP contribution is 2.30. The van der Waals surface area contributed by atoms with E-state index in [9.17, 15) is 9.90 Å². The number of nitrogens with two attached hydrogens (primary N) is 1. The second kappa shape index (κ2) is 5.11. The molecule has 0 heterocycles. The molecule has 1 atom stereocenters. The van der Waals surface area contributed by atoms with E-state index in [-0.39, 0.29) is 12.0 Å². The normalized spacial score (nSPS) is 13.4. The lowest BCUT2D eigenvalue weighted by atomic mass is 9.81. The van der Waals surface area contributed by atoms with E-state index in [0.717, 1.165) is 16.7 Å². The van der Waals surface area contributed by atoms with E-state index in [0.29, 0.717) is 0 Å². The van der Waals surface area contributed by atoms with Gasteiger partial charge in [-0.1, -0.05) is 32.9 Å². The maximum absolute atomic E-state index is 11.2. The molecule has 100 valence electrons. The Morgan fingerprint density at radius 2 is 1.72 bits per heavy atom. The van der Waals surface area contributed by atoms with Gasteiger partial charge in [0.15, 0.2) is 0 Å². The first-order valence-electron chi connectivity index (χ1n) is 6.23. The third-order valence-electron chi connectivity index (χ3n) is 3.34. The molecule has 0 aromatic heterocycles. The van der Waals surface area contributed by atoms with E-state index in [2.05, 4.69) is 32.9 Å². The molecule has 0 saturated heterocycles. The number of carboxylic acids is 1. The molecule has 0 aliphatic heterocycles. The minimum atomic E-state index is -0.854. The van der Waals surface area contributed by atoms with Crippen LogP contribution in [0.25, 0.3) is 0 Å². The van der Waals surface area contributed by atoms with Crippen molar-refractivity contribution < 1.29 is 9.90 Å². The van der Waals surface area contributed by atoms with Crippen molar-refractivity contribution in [2.75, 3.05) is 6.54 Å². The third-order valence-corrected chi connectivity index (χ3v) is 3.34. The van der Waals surface area contributed by atoms with Gasteiger partial charge >= 0.3 is 5.97 Å². The van der Waals surface area contributed by atoms with Crippen LogP contribution in [0.5, 0.6) is 0 Å².